The van der Waals surface area contributed by atoms with Gasteiger partial charge < -0.3 is 0 Å². The van der Waals surface area contributed by atoms with Crippen LogP contribution in [0, 0.1) is 5.92 Å². The van der Waals surface area contributed by atoms with Crippen molar-refractivity contribution in [3.63, 3.8) is 0 Å². The van der Waals surface area contributed by atoms with E-state index in [4.69, 9.17) is 0 Å². The van der Waals surface area contributed by atoms with Crippen molar-refractivity contribution in [3.05, 3.63) is 0 Å². The Balaban J connectivity index is 2.53. The highest BCUT2D eigenvalue weighted by Crippen LogP contribution is 2.31. The van der Waals surface area contributed by atoms with Crippen molar-refractivity contribution in [1.29, 1.82) is 0 Å². The molecule has 1 fully saturated rings. The Bertz CT molecular complexity index is 125. The summed E-state index contributed by atoms with van der Waals surface area (Å²) in [5.74, 6) is -2.91. The molecule has 0 saturated carbocycles. The Kier molecular flexibility index (Phi) is 1.95. The average molecular weight is 149 g/mol. The summed E-state index contributed by atoms with van der Waals surface area (Å²) < 4.78 is 25.5. The molecular weight excluding hydrogens is 136 g/mol. The summed E-state index contributed by atoms with van der Waals surface area (Å²) in [5.41, 5.74) is 0. The van der Waals surface area contributed by atoms with Crippen LogP contribution in [0.1, 0.15) is 13.8 Å². The average Bonchev–Trinajstić information content (AvgIpc) is 2.08. The third-order valence-corrected chi connectivity index (χ3v) is 2.13. The molecule has 0 aromatic carbocycles. The van der Waals surface area contributed by atoms with Gasteiger partial charge >= 0.3 is 0 Å². The maximum absolute atomic E-state index is 12.7. The smallest absolute Gasteiger partial charge is 0.264 e. The van der Waals surface area contributed by atoms with Crippen LogP contribution in [0.5, 0.6) is 0 Å². The summed E-state index contributed by atoms with van der Waals surface area (Å²) in [7, 11) is 0. The van der Waals surface area contributed by atoms with E-state index in [-0.39, 0.29) is 6.54 Å². The Hall–Kier alpha value is -0.180. The minimum absolute atomic E-state index is 0.0509. The van der Waals surface area contributed by atoms with Crippen molar-refractivity contribution >= 4 is 0 Å². The van der Waals surface area contributed by atoms with Crippen LogP contribution in [0.2, 0.25) is 0 Å². The Labute approximate surface area is 60.0 Å². The molecule has 0 aromatic heterocycles. The maximum Gasteiger partial charge on any atom is 0.264 e. The molecule has 0 aromatic rings. The Morgan fingerprint density at radius 1 is 1.60 bits per heavy atom. The molecule has 0 spiro atoms. The van der Waals surface area contributed by atoms with Gasteiger partial charge in [-0.05, 0) is 6.54 Å². The van der Waals surface area contributed by atoms with Crippen LogP contribution in [0.4, 0.5) is 8.78 Å². The van der Waals surface area contributed by atoms with Crippen LogP contribution in [-0.2, 0) is 0 Å². The van der Waals surface area contributed by atoms with Gasteiger partial charge in [0.05, 0.1) is 6.54 Å². The topological polar surface area (TPSA) is 3.24 Å². The van der Waals surface area contributed by atoms with E-state index in [1.165, 1.54) is 0 Å². The predicted molar refractivity (Wildman–Crippen MR) is 36.2 cm³/mol. The van der Waals surface area contributed by atoms with Gasteiger partial charge in [0, 0.05) is 12.5 Å². The van der Waals surface area contributed by atoms with Gasteiger partial charge in [-0.3, -0.25) is 4.90 Å². The highest BCUT2D eigenvalue weighted by molar-refractivity contribution is 4.86. The van der Waals surface area contributed by atoms with Crippen LogP contribution in [0.3, 0.4) is 0 Å². The normalized spacial score (nSPS) is 33.0. The highest BCUT2D eigenvalue weighted by Gasteiger charge is 2.44. The fourth-order valence-corrected chi connectivity index (χ4v) is 1.28. The van der Waals surface area contributed by atoms with E-state index in [0.717, 1.165) is 6.54 Å². The quantitative estimate of drug-likeness (QED) is 0.547. The van der Waals surface area contributed by atoms with Crippen LogP contribution in [0.15, 0.2) is 0 Å². The monoisotopic (exact) mass is 149 g/mol. The van der Waals surface area contributed by atoms with Crippen LogP contribution >= 0.6 is 0 Å². The van der Waals surface area contributed by atoms with Crippen molar-refractivity contribution < 1.29 is 8.78 Å². The summed E-state index contributed by atoms with van der Waals surface area (Å²) in [4.78, 5) is 1.78. The fraction of sp³-hybridized carbons (Fsp3) is 1.00. The van der Waals surface area contributed by atoms with E-state index < -0.39 is 11.8 Å². The molecule has 1 aliphatic heterocycles. The first-order chi connectivity index (χ1) is 4.56. The molecule has 1 aliphatic rings. The third-order valence-electron chi connectivity index (χ3n) is 2.13. The van der Waals surface area contributed by atoms with E-state index >= 15 is 0 Å². The molecule has 0 bridgehead atoms. The first-order valence-electron chi connectivity index (χ1n) is 3.66. The fourth-order valence-electron chi connectivity index (χ4n) is 1.28. The highest BCUT2D eigenvalue weighted by atomic mass is 19.3. The number of hydrogen-bond acceptors (Lipinski definition) is 1. The summed E-state index contributed by atoms with van der Waals surface area (Å²) >= 11 is 0. The number of halogens is 2. The number of nitrogens with zero attached hydrogens (tertiary/aromatic N) is 1. The van der Waals surface area contributed by atoms with Crippen molar-refractivity contribution in [3.8, 4) is 0 Å². The molecule has 10 heavy (non-hydrogen) atoms. The second-order valence-corrected chi connectivity index (χ2v) is 2.99. The van der Waals surface area contributed by atoms with Gasteiger partial charge in [0.25, 0.3) is 5.92 Å². The molecular formula is C7H13F2N. The van der Waals surface area contributed by atoms with E-state index in [9.17, 15) is 8.78 Å². The van der Waals surface area contributed by atoms with Gasteiger partial charge in [0.15, 0.2) is 0 Å². The molecule has 1 saturated heterocycles. The Morgan fingerprint density at radius 3 is 2.40 bits per heavy atom. The zero-order valence-electron chi connectivity index (χ0n) is 6.40. The van der Waals surface area contributed by atoms with Crippen LogP contribution in [0.25, 0.3) is 0 Å². The lowest BCUT2D eigenvalue weighted by Gasteiger charge is -2.12. The van der Waals surface area contributed by atoms with E-state index in [2.05, 4.69) is 0 Å². The lowest BCUT2D eigenvalue weighted by atomic mass is 10.1. The molecule has 3 heteroatoms. The Morgan fingerprint density at radius 2 is 2.20 bits per heavy atom. The lowest BCUT2D eigenvalue weighted by molar-refractivity contribution is -0.0206. The minimum atomic E-state index is -2.45. The van der Waals surface area contributed by atoms with Crippen LogP contribution in [-0.4, -0.2) is 30.5 Å². The standard InChI is InChI=1S/C7H13F2N/c1-3-10-4-6(2)7(8,9)5-10/h6H,3-5H2,1-2H3/t6-/m1/s1. The molecule has 1 rings (SSSR count). The summed E-state index contributed by atoms with van der Waals surface area (Å²) in [6.45, 7) is 4.75. The molecule has 0 radical (unpaired) electrons. The first-order valence-corrected chi connectivity index (χ1v) is 3.66. The predicted octanol–water partition coefficient (Wildman–Crippen LogP) is 1.59. The SMILES string of the molecule is CCN1C[C@@H](C)C(F)(F)C1. The number of hydrogen-bond donors (Lipinski definition) is 0. The largest absolute Gasteiger partial charge is 0.297 e. The second kappa shape index (κ2) is 2.46. The van der Waals surface area contributed by atoms with Gasteiger partial charge in [0.1, 0.15) is 0 Å². The summed E-state index contributed by atoms with van der Waals surface area (Å²) in [6.07, 6.45) is 0. The van der Waals surface area contributed by atoms with Crippen molar-refractivity contribution in [2.45, 2.75) is 19.8 Å². The molecule has 0 unspecified atom stereocenters. The van der Waals surface area contributed by atoms with Crippen LogP contribution < -0.4 is 0 Å². The molecule has 0 amide bonds. The van der Waals surface area contributed by atoms with Gasteiger partial charge in [-0.25, -0.2) is 8.78 Å². The molecule has 1 nitrogen and oxygen atoms in total. The maximum atomic E-state index is 12.7. The van der Waals surface area contributed by atoms with Crippen molar-refractivity contribution in [2.24, 2.45) is 5.92 Å². The minimum Gasteiger partial charge on any atom is -0.297 e. The van der Waals surface area contributed by atoms with E-state index in [1.807, 2.05) is 6.92 Å². The van der Waals surface area contributed by atoms with Crippen molar-refractivity contribution in [2.75, 3.05) is 19.6 Å². The van der Waals surface area contributed by atoms with Gasteiger partial charge in [-0.15, -0.1) is 0 Å². The number of alkyl halides is 2. The molecule has 1 atom stereocenters. The molecule has 60 valence electrons. The van der Waals surface area contributed by atoms with E-state index in [1.54, 1.807) is 11.8 Å². The van der Waals surface area contributed by atoms with Gasteiger partial charge in [-0.2, -0.15) is 0 Å². The number of likely N-dealkylation sites (tertiary alicyclic amines) is 1. The first kappa shape index (κ1) is 7.92. The van der Waals surface area contributed by atoms with Gasteiger partial charge in [-0.1, -0.05) is 13.8 Å². The van der Waals surface area contributed by atoms with E-state index in [0.29, 0.717) is 6.54 Å². The lowest BCUT2D eigenvalue weighted by Crippen LogP contribution is -2.26. The van der Waals surface area contributed by atoms with Crippen molar-refractivity contribution in [1.82, 2.24) is 4.90 Å². The second-order valence-electron chi connectivity index (χ2n) is 2.99. The van der Waals surface area contributed by atoms with Gasteiger partial charge in [0.2, 0.25) is 0 Å². The summed E-state index contributed by atoms with van der Waals surface area (Å²) in [5, 5.41) is 0. The molecule has 0 N–H and O–H groups in total. The zero-order chi connectivity index (χ0) is 7.78. The molecule has 1 heterocycles. The zero-order valence-corrected chi connectivity index (χ0v) is 6.40. The third kappa shape index (κ3) is 1.29. The number of rotatable bonds is 1. The molecule has 0 aliphatic carbocycles. The summed E-state index contributed by atoms with van der Waals surface area (Å²) in [6, 6.07) is 0.